The van der Waals surface area contributed by atoms with Crippen LogP contribution in [0.3, 0.4) is 0 Å². The number of hydrogen-bond donors (Lipinski definition) is 1. The average molecular weight is 239 g/mol. The van der Waals surface area contributed by atoms with Crippen molar-refractivity contribution in [2.75, 3.05) is 6.54 Å². The van der Waals surface area contributed by atoms with Crippen LogP contribution in [-0.2, 0) is 4.74 Å². The lowest BCUT2D eigenvalue weighted by molar-refractivity contribution is -0.0807. The highest BCUT2D eigenvalue weighted by Crippen LogP contribution is 2.49. The third-order valence-corrected chi connectivity index (χ3v) is 4.70. The summed E-state index contributed by atoms with van der Waals surface area (Å²) in [4.78, 5) is 0. The van der Waals surface area contributed by atoms with Crippen molar-refractivity contribution >= 4 is 0 Å². The first kappa shape index (κ1) is 13.4. The molecule has 100 valence electrons. The van der Waals surface area contributed by atoms with Crippen LogP contribution in [0.1, 0.15) is 60.3 Å². The van der Waals surface area contributed by atoms with Crippen LogP contribution in [0, 0.1) is 11.8 Å². The van der Waals surface area contributed by atoms with Crippen LogP contribution in [0.15, 0.2) is 0 Å². The van der Waals surface area contributed by atoms with Crippen LogP contribution in [0.25, 0.3) is 0 Å². The topological polar surface area (TPSA) is 21.3 Å². The molecule has 0 spiro atoms. The summed E-state index contributed by atoms with van der Waals surface area (Å²) in [6.07, 6.45) is 5.33. The average Bonchev–Trinajstić information content (AvgIpc) is 2.68. The first-order valence-corrected chi connectivity index (χ1v) is 7.29. The van der Waals surface area contributed by atoms with Crippen LogP contribution in [0.5, 0.6) is 0 Å². The summed E-state index contributed by atoms with van der Waals surface area (Å²) >= 11 is 0. The van der Waals surface area contributed by atoms with Gasteiger partial charge in [-0.25, -0.2) is 0 Å². The van der Waals surface area contributed by atoms with Crippen LogP contribution >= 0.6 is 0 Å². The van der Waals surface area contributed by atoms with E-state index >= 15 is 0 Å². The van der Waals surface area contributed by atoms with E-state index in [0.29, 0.717) is 5.92 Å². The molecule has 0 amide bonds. The molecular formula is C15H29NO. The molecule has 2 aliphatic rings. The molecular weight excluding hydrogens is 210 g/mol. The molecule has 2 rings (SSSR count). The summed E-state index contributed by atoms with van der Waals surface area (Å²) in [5.74, 6) is 1.52. The van der Waals surface area contributed by atoms with Gasteiger partial charge in [-0.3, -0.25) is 0 Å². The van der Waals surface area contributed by atoms with Gasteiger partial charge in [0.25, 0.3) is 0 Å². The van der Waals surface area contributed by atoms with Gasteiger partial charge in [0, 0.05) is 6.04 Å². The zero-order chi connectivity index (χ0) is 12.7. The quantitative estimate of drug-likeness (QED) is 0.815. The van der Waals surface area contributed by atoms with Crippen LogP contribution in [-0.4, -0.2) is 23.8 Å². The second kappa shape index (κ2) is 4.55. The highest BCUT2D eigenvalue weighted by atomic mass is 16.5. The summed E-state index contributed by atoms with van der Waals surface area (Å²) in [5, 5.41) is 3.68. The second-order valence-corrected chi connectivity index (χ2v) is 7.03. The fourth-order valence-electron chi connectivity index (χ4n) is 4.26. The highest BCUT2D eigenvalue weighted by molar-refractivity contribution is 5.01. The summed E-state index contributed by atoms with van der Waals surface area (Å²) in [6, 6.07) is 0.724. The minimum atomic E-state index is 0.0478. The van der Waals surface area contributed by atoms with E-state index in [9.17, 15) is 0 Å². The van der Waals surface area contributed by atoms with E-state index in [1.807, 2.05) is 0 Å². The maximum Gasteiger partial charge on any atom is 0.0666 e. The molecule has 0 aromatic rings. The molecule has 1 aliphatic carbocycles. The lowest BCUT2D eigenvalue weighted by Gasteiger charge is -2.34. The van der Waals surface area contributed by atoms with Crippen LogP contribution in [0.2, 0.25) is 0 Å². The van der Waals surface area contributed by atoms with Gasteiger partial charge in [-0.2, -0.15) is 0 Å². The summed E-state index contributed by atoms with van der Waals surface area (Å²) in [5.41, 5.74) is 0.111. The van der Waals surface area contributed by atoms with E-state index in [4.69, 9.17) is 4.74 Å². The standard InChI is InChI=1S/C15H29NO/c1-6-16-13-9-7-8-11(13)12-10-14(2,3)17-15(12,4)5/h11-13,16H,6-10H2,1-5H3. The Morgan fingerprint density at radius 1 is 1.18 bits per heavy atom. The molecule has 1 aliphatic heterocycles. The maximum absolute atomic E-state index is 6.26. The molecule has 1 saturated carbocycles. The molecule has 1 heterocycles. The number of rotatable bonds is 3. The van der Waals surface area contributed by atoms with Crippen molar-refractivity contribution in [3.8, 4) is 0 Å². The smallest absolute Gasteiger partial charge is 0.0666 e. The zero-order valence-electron chi connectivity index (χ0n) is 12.2. The Balaban J connectivity index is 2.11. The maximum atomic E-state index is 6.26. The molecule has 2 fully saturated rings. The number of ether oxygens (including phenoxy) is 1. The molecule has 17 heavy (non-hydrogen) atoms. The van der Waals surface area contributed by atoms with Gasteiger partial charge >= 0.3 is 0 Å². The van der Waals surface area contributed by atoms with Crippen molar-refractivity contribution in [3.05, 3.63) is 0 Å². The van der Waals surface area contributed by atoms with Crippen LogP contribution < -0.4 is 5.32 Å². The molecule has 0 aromatic carbocycles. The Labute approximate surface area is 107 Å². The van der Waals surface area contributed by atoms with Crippen molar-refractivity contribution in [2.24, 2.45) is 11.8 Å². The van der Waals surface area contributed by atoms with E-state index in [0.717, 1.165) is 18.5 Å². The fourth-order valence-corrected chi connectivity index (χ4v) is 4.26. The van der Waals surface area contributed by atoms with Crippen molar-refractivity contribution < 1.29 is 4.74 Å². The van der Waals surface area contributed by atoms with Gasteiger partial charge in [0.15, 0.2) is 0 Å². The lowest BCUT2D eigenvalue weighted by atomic mass is 9.75. The molecule has 2 heteroatoms. The van der Waals surface area contributed by atoms with E-state index in [2.05, 4.69) is 39.9 Å². The number of nitrogens with one attached hydrogen (secondary N) is 1. The highest BCUT2D eigenvalue weighted by Gasteiger charge is 2.51. The normalized spacial score (nSPS) is 39.7. The SMILES string of the molecule is CCNC1CCCC1C1CC(C)(C)OC1(C)C. The van der Waals surface area contributed by atoms with Gasteiger partial charge < -0.3 is 10.1 Å². The Morgan fingerprint density at radius 2 is 1.88 bits per heavy atom. The fraction of sp³-hybridized carbons (Fsp3) is 1.00. The largest absolute Gasteiger partial charge is 0.369 e. The Hall–Kier alpha value is -0.0800. The van der Waals surface area contributed by atoms with Gasteiger partial charge in [0.05, 0.1) is 11.2 Å². The Morgan fingerprint density at radius 3 is 2.41 bits per heavy atom. The van der Waals surface area contributed by atoms with Crippen molar-refractivity contribution in [1.29, 1.82) is 0 Å². The lowest BCUT2D eigenvalue weighted by Crippen LogP contribution is -2.41. The Bertz CT molecular complexity index is 272. The second-order valence-electron chi connectivity index (χ2n) is 7.03. The molecule has 3 atom stereocenters. The molecule has 1 N–H and O–H groups in total. The van der Waals surface area contributed by atoms with Crippen molar-refractivity contribution in [2.45, 2.75) is 77.5 Å². The summed E-state index contributed by atoms with van der Waals surface area (Å²) < 4.78 is 6.26. The molecule has 3 unspecified atom stereocenters. The van der Waals surface area contributed by atoms with Gasteiger partial charge in [-0.05, 0) is 65.3 Å². The van der Waals surface area contributed by atoms with Crippen molar-refractivity contribution in [3.63, 3.8) is 0 Å². The molecule has 0 bridgehead atoms. The number of hydrogen-bond acceptors (Lipinski definition) is 2. The third-order valence-electron chi connectivity index (χ3n) is 4.70. The van der Waals surface area contributed by atoms with E-state index in [1.54, 1.807) is 0 Å². The van der Waals surface area contributed by atoms with Gasteiger partial charge in [0.2, 0.25) is 0 Å². The first-order valence-electron chi connectivity index (χ1n) is 7.29. The third kappa shape index (κ3) is 2.68. The summed E-state index contributed by atoms with van der Waals surface area (Å²) in [7, 11) is 0. The van der Waals surface area contributed by atoms with Gasteiger partial charge in [-0.1, -0.05) is 13.3 Å². The van der Waals surface area contributed by atoms with Crippen molar-refractivity contribution in [1.82, 2.24) is 5.32 Å². The predicted octanol–water partition coefficient (Wildman–Crippen LogP) is 3.36. The van der Waals surface area contributed by atoms with Gasteiger partial charge in [0.1, 0.15) is 0 Å². The molecule has 0 aromatic heterocycles. The minimum Gasteiger partial charge on any atom is -0.369 e. The first-order chi connectivity index (χ1) is 7.86. The molecule has 0 radical (unpaired) electrons. The molecule has 2 nitrogen and oxygen atoms in total. The monoisotopic (exact) mass is 239 g/mol. The molecule has 1 saturated heterocycles. The van der Waals surface area contributed by atoms with E-state index in [1.165, 1.54) is 25.7 Å². The van der Waals surface area contributed by atoms with E-state index < -0.39 is 0 Å². The summed E-state index contributed by atoms with van der Waals surface area (Å²) in [6.45, 7) is 12.4. The van der Waals surface area contributed by atoms with E-state index in [-0.39, 0.29) is 11.2 Å². The van der Waals surface area contributed by atoms with Crippen LogP contribution in [0.4, 0.5) is 0 Å². The zero-order valence-corrected chi connectivity index (χ0v) is 12.2. The minimum absolute atomic E-state index is 0.0478. The van der Waals surface area contributed by atoms with Gasteiger partial charge in [-0.15, -0.1) is 0 Å². The Kier molecular flexibility index (Phi) is 3.57. The predicted molar refractivity (Wildman–Crippen MR) is 72.2 cm³/mol.